The van der Waals surface area contributed by atoms with Crippen molar-refractivity contribution in [2.45, 2.75) is 90.3 Å². The van der Waals surface area contributed by atoms with Crippen molar-refractivity contribution in [3.63, 3.8) is 0 Å². The van der Waals surface area contributed by atoms with Crippen LogP contribution in [0.4, 0.5) is 0 Å². The first-order chi connectivity index (χ1) is 17.7. The van der Waals surface area contributed by atoms with Gasteiger partial charge >= 0.3 is 11.9 Å². The fourth-order valence-corrected chi connectivity index (χ4v) is 7.08. The molecule has 3 aliphatic rings. The van der Waals surface area contributed by atoms with E-state index < -0.39 is 52.8 Å². The smallest absolute Gasteiger partial charge is 0.331 e. The molecule has 7 nitrogen and oxygen atoms in total. The lowest BCUT2D eigenvalue weighted by atomic mass is 9.57. The van der Waals surface area contributed by atoms with Crippen LogP contribution in [0.3, 0.4) is 0 Å². The molecule has 3 aliphatic carbocycles. The van der Waals surface area contributed by atoms with Crippen molar-refractivity contribution in [2.75, 3.05) is 0 Å². The number of rotatable bonds is 5. The molecular formula is C31H40O7. The van der Waals surface area contributed by atoms with Crippen LogP contribution in [0.1, 0.15) is 65.9 Å². The maximum Gasteiger partial charge on any atom is 0.331 e. The molecular weight excluding hydrogens is 484 g/mol. The molecule has 7 heteroatoms. The van der Waals surface area contributed by atoms with Crippen LogP contribution in [-0.4, -0.2) is 57.3 Å². The van der Waals surface area contributed by atoms with Crippen LogP contribution < -0.4 is 0 Å². The fraction of sp³-hybridized carbons (Fsp3) is 0.548. The molecule has 38 heavy (non-hydrogen) atoms. The number of hydrogen-bond donors (Lipinski definition) is 3. The van der Waals surface area contributed by atoms with Crippen LogP contribution in [-0.2, 0) is 19.1 Å². The average molecular weight is 525 g/mol. The number of esters is 2. The van der Waals surface area contributed by atoms with Crippen LogP contribution in [0.25, 0.3) is 6.08 Å². The molecule has 1 aromatic carbocycles. The quantitative estimate of drug-likeness (QED) is 0.302. The standard InChI is InChI=1S/C31H40O7/c1-18-22-16-31(29(4,5)36)17-24(37-20(3)32)19(2)26(31)27(34)28(35)30(22,6)15-14-23(18)38-25(33)13-12-21-10-8-7-9-11-21/h7-13,22-24,27-28,34-36H,1,14-17H2,2-6H3/b13-12+/t22?,23-,24-,27+,28-,30+,31-/m0/s1. The maximum absolute atomic E-state index is 12.7. The van der Waals surface area contributed by atoms with E-state index in [0.29, 0.717) is 36.0 Å². The lowest BCUT2D eigenvalue weighted by Gasteiger charge is -2.50. The van der Waals surface area contributed by atoms with E-state index >= 15 is 0 Å². The minimum atomic E-state index is -1.31. The fourth-order valence-electron chi connectivity index (χ4n) is 7.08. The summed E-state index contributed by atoms with van der Waals surface area (Å²) in [6, 6.07) is 9.46. The van der Waals surface area contributed by atoms with E-state index in [9.17, 15) is 24.9 Å². The van der Waals surface area contributed by atoms with E-state index in [1.165, 1.54) is 13.0 Å². The number of ether oxygens (including phenoxy) is 2. The van der Waals surface area contributed by atoms with Crippen molar-refractivity contribution >= 4 is 18.0 Å². The highest BCUT2D eigenvalue weighted by Crippen LogP contribution is 2.64. The van der Waals surface area contributed by atoms with Gasteiger partial charge in [0.05, 0.1) is 11.7 Å². The van der Waals surface area contributed by atoms with E-state index in [4.69, 9.17) is 9.47 Å². The van der Waals surface area contributed by atoms with Crippen LogP contribution in [0.2, 0.25) is 0 Å². The summed E-state index contributed by atoms with van der Waals surface area (Å²) in [6.07, 6.45) is 1.10. The summed E-state index contributed by atoms with van der Waals surface area (Å²) in [5.41, 5.74) is -0.320. The Morgan fingerprint density at radius 1 is 1.11 bits per heavy atom. The summed E-state index contributed by atoms with van der Waals surface area (Å²) in [4.78, 5) is 24.6. The summed E-state index contributed by atoms with van der Waals surface area (Å²) in [7, 11) is 0. The van der Waals surface area contributed by atoms with Crippen LogP contribution >= 0.6 is 0 Å². The molecule has 7 atom stereocenters. The SMILES string of the molecule is C=C1C2C[C@]3(C(C)(C)O)C[C@H](OC(C)=O)C(C)=C3[C@@H](O)[C@H](O)[C@]2(C)CC[C@@H]1OC(=O)/C=C/c1ccccc1. The number of fused-ring (bicyclic) bond motifs is 2. The summed E-state index contributed by atoms with van der Waals surface area (Å²) in [5, 5.41) is 34.7. The van der Waals surface area contributed by atoms with Gasteiger partial charge in [-0.25, -0.2) is 4.79 Å². The zero-order valence-electron chi connectivity index (χ0n) is 22.9. The van der Waals surface area contributed by atoms with Gasteiger partial charge in [-0.15, -0.1) is 0 Å². The Morgan fingerprint density at radius 3 is 2.37 bits per heavy atom. The second kappa shape index (κ2) is 10.1. The Balaban J connectivity index is 1.67. The molecule has 0 bridgehead atoms. The molecule has 0 amide bonds. The molecule has 206 valence electrons. The predicted molar refractivity (Wildman–Crippen MR) is 144 cm³/mol. The van der Waals surface area contributed by atoms with E-state index in [-0.39, 0.29) is 12.3 Å². The van der Waals surface area contributed by atoms with Crippen LogP contribution in [0.5, 0.6) is 0 Å². The first-order valence-electron chi connectivity index (χ1n) is 13.3. The lowest BCUT2D eigenvalue weighted by Crippen LogP contribution is -2.50. The van der Waals surface area contributed by atoms with Gasteiger partial charge in [-0.05, 0) is 74.3 Å². The van der Waals surface area contributed by atoms with Crippen LogP contribution in [0.15, 0.2) is 59.7 Å². The Hall–Kier alpha value is -2.74. The zero-order chi connectivity index (χ0) is 28.0. The Morgan fingerprint density at radius 2 is 1.76 bits per heavy atom. The maximum atomic E-state index is 12.7. The largest absolute Gasteiger partial charge is 0.458 e. The predicted octanol–water partition coefficient (Wildman–Crippen LogP) is 4.12. The highest BCUT2D eigenvalue weighted by Gasteiger charge is 2.64. The molecule has 0 radical (unpaired) electrons. The molecule has 1 aromatic rings. The highest BCUT2D eigenvalue weighted by molar-refractivity contribution is 5.87. The van der Waals surface area contributed by atoms with Gasteiger partial charge in [0, 0.05) is 30.3 Å². The summed E-state index contributed by atoms with van der Waals surface area (Å²) < 4.78 is 11.4. The molecule has 0 heterocycles. The molecule has 4 rings (SSSR count). The zero-order valence-corrected chi connectivity index (χ0v) is 22.9. The van der Waals surface area contributed by atoms with Crippen LogP contribution in [0, 0.1) is 16.7 Å². The van der Waals surface area contributed by atoms with E-state index in [1.807, 2.05) is 37.3 Å². The van der Waals surface area contributed by atoms with Crippen molar-refractivity contribution < 1.29 is 34.4 Å². The molecule has 0 saturated heterocycles. The van der Waals surface area contributed by atoms with Crippen molar-refractivity contribution in [1.82, 2.24) is 0 Å². The van der Waals surface area contributed by atoms with E-state index in [2.05, 4.69) is 6.58 Å². The minimum Gasteiger partial charge on any atom is -0.458 e. The molecule has 1 unspecified atom stereocenters. The second-order valence-corrected chi connectivity index (χ2v) is 12.0. The summed E-state index contributed by atoms with van der Waals surface area (Å²) in [6.45, 7) is 12.8. The van der Waals surface area contributed by atoms with Gasteiger partial charge in [0.2, 0.25) is 0 Å². The summed E-state index contributed by atoms with van der Waals surface area (Å²) in [5.74, 6) is -1.30. The van der Waals surface area contributed by atoms with Gasteiger partial charge in [0.25, 0.3) is 0 Å². The van der Waals surface area contributed by atoms with Crippen molar-refractivity contribution in [2.24, 2.45) is 16.7 Å². The highest BCUT2D eigenvalue weighted by atomic mass is 16.5. The monoisotopic (exact) mass is 524 g/mol. The van der Waals surface area contributed by atoms with Gasteiger partial charge in [0.15, 0.2) is 0 Å². The molecule has 2 fully saturated rings. The number of carbonyl (C=O) groups excluding carboxylic acids is 2. The summed E-state index contributed by atoms with van der Waals surface area (Å²) >= 11 is 0. The van der Waals surface area contributed by atoms with E-state index in [1.54, 1.807) is 26.8 Å². The molecule has 2 saturated carbocycles. The Labute approximate surface area is 224 Å². The van der Waals surface area contributed by atoms with Gasteiger partial charge in [0.1, 0.15) is 18.3 Å². The first-order valence-corrected chi connectivity index (χ1v) is 13.3. The third-order valence-corrected chi connectivity index (χ3v) is 9.33. The van der Waals surface area contributed by atoms with Gasteiger partial charge < -0.3 is 24.8 Å². The minimum absolute atomic E-state index is 0.283. The molecule has 0 aromatic heterocycles. The third-order valence-electron chi connectivity index (χ3n) is 9.33. The number of benzene rings is 1. The number of aliphatic hydroxyl groups excluding tert-OH is 2. The van der Waals surface area contributed by atoms with E-state index in [0.717, 1.165) is 5.56 Å². The van der Waals surface area contributed by atoms with Gasteiger partial charge in [-0.3, -0.25) is 4.79 Å². The lowest BCUT2D eigenvalue weighted by molar-refractivity contribution is -0.147. The number of carbonyl (C=O) groups is 2. The number of hydrogen-bond acceptors (Lipinski definition) is 7. The molecule has 0 aliphatic heterocycles. The van der Waals surface area contributed by atoms with Gasteiger partial charge in [-0.1, -0.05) is 43.8 Å². The normalized spacial score (nSPS) is 35.5. The molecule has 3 N–H and O–H groups in total. The third kappa shape index (κ3) is 4.76. The topological polar surface area (TPSA) is 113 Å². The Kier molecular flexibility index (Phi) is 7.51. The second-order valence-electron chi connectivity index (χ2n) is 12.0. The number of aliphatic hydroxyl groups is 3. The van der Waals surface area contributed by atoms with Crippen molar-refractivity contribution in [3.05, 3.63) is 65.3 Å². The van der Waals surface area contributed by atoms with Gasteiger partial charge in [-0.2, -0.15) is 0 Å². The first kappa shape index (κ1) is 28.3. The Bertz CT molecular complexity index is 1160. The average Bonchev–Trinajstić information content (AvgIpc) is 3.09. The van der Waals surface area contributed by atoms with Crippen molar-refractivity contribution in [3.8, 4) is 0 Å². The molecule has 0 spiro atoms. The van der Waals surface area contributed by atoms with Crippen molar-refractivity contribution in [1.29, 1.82) is 0 Å².